The van der Waals surface area contributed by atoms with Crippen molar-refractivity contribution in [3.05, 3.63) is 29.8 Å². The number of nitrogens with zero attached hydrogens (tertiary/aromatic N) is 2. The Kier molecular flexibility index (Phi) is 5.78. The van der Waals surface area contributed by atoms with Crippen LogP contribution in [-0.4, -0.2) is 62.3 Å². The van der Waals surface area contributed by atoms with Crippen molar-refractivity contribution in [2.75, 3.05) is 32.7 Å². The molecule has 23 heavy (non-hydrogen) atoms. The maximum atomic E-state index is 12.8. The molecule has 1 fully saturated rings. The number of piperazine rings is 1. The number of amides is 1. The van der Waals surface area contributed by atoms with Crippen LogP contribution in [0.2, 0.25) is 0 Å². The number of benzene rings is 1. The summed E-state index contributed by atoms with van der Waals surface area (Å²) in [6.07, 6.45) is 0. The standard InChI is InChI=1S/C16H25N3O3S/c1-4-18-8-10-19(11-9-18)23(21,22)15-7-5-6-14(12-15)16(20)17-13(2)3/h5-7,12-13H,4,8-11H2,1-3H3,(H,17,20). The Balaban J connectivity index is 2.19. The summed E-state index contributed by atoms with van der Waals surface area (Å²) in [5, 5.41) is 2.78. The Labute approximate surface area is 138 Å². The van der Waals surface area contributed by atoms with E-state index in [0.29, 0.717) is 18.7 Å². The molecule has 1 heterocycles. The number of nitrogens with one attached hydrogen (secondary N) is 1. The van der Waals surface area contributed by atoms with Crippen molar-refractivity contribution in [3.8, 4) is 0 Å². The third kappa shape index (κ3) is 4.31. The first-order valence-electron chi connectivity index (χ1n) is 7.98. The van der Waals surface area contributed by atoms with E-state index in [1.165, 1.54) is 10.4 Å². The molecule has 1 aliphatic rings. The average molecular weight is 339 g/mol. The van der Waals surface area contributed by atoms with Gasteiger partial charge < -0.3 is 10.2 Å². The molecule has 0 spiro atoms. The minimum atomic E-state index is -3.55. The molecule has 6 nitrogen and oxygen atoms in total. The fourth-order valence-corrected chi connectivity index (χ4v) is 4.05. The van der Waals surface area contributed by atoms with Crippen LogP contribution < -0.4 is 5.32 Å². The Bertz CT molecular complexity index is 650. The van der Waals surface area contributed by atoms with Crippen molar-refractivity contribution in [1.29, 1.82) is 0 Å². The van der Waals surface area contributed by atoms with Gasteiger partial charge in [0.2, 0.25) is 10.0 Å². The molecule has 0 aromatic heterocycles. The molecule has 2 rings (SSSR count). The van der Waals surface area contributed by atoms with Crippen LogP contribution in [0.3, 0.4) is 0 Å². The molecule has 0 bridgehead atoms. The zero-order valence-electron chi connectivity index (χ0n) is 13.9. The first kappa shape index (κ1) is 17.9. The predicted octanol–water partition coefficient (Wildman–Crippen LogP) is 1.15. The summed E-state index contributed by atoms with van der Waals surface area (Å²) in [6, 6.07) is 6.26. The highest BCUT2D eigenvalue weighted by molar-refractivity contribution is 7.89. The molecule has 0 unspecified atom stereocenters. The molecule has 1 N–H and O–H groups in total. The Morgan fingerprint density at radius 1 is 1.22 bits per heavy atom. The number of hydrogen-bond donors (Lipinski definition) is 1. The van der Waals surface area contributed by atoms with E-state index in [0.717, 1.165) is 19.6 Å². The molecule has 1 aromatic rings. The molecule has 1 amide bonds. The van der Waals surface area contributed by atoms with Gasteiger partial charge in [-0.3, -0.25) is 4.79 Å². The molecule has 1 saturated heterocycles. The number of hydrogen-bond acceptors (Lipinski definition) is 4. The lowest BCUT2D eigenvalue weighted by Crippen LogP contribution is -2.48. The molecule has 0 atom stereocenters. The molecule has 0 aliphatic carbocycles. The quantitative estimate of drug-likeness (QED) is 0.874. The van der Waals surface area contributed by atoms with Crippen LogP contribution in [0.15, 0.2) is 29.2 Å². The third-order valence-electron chi connectivity index (χ3n) is 3.93. The number of rotatable bonds is 5. The molecule has 1 aromatic carbocycles. The normalized spacial score (nSPS) is 17.4. The van der Waals surface area contributed by atoms with E-state index < -0.39 is 10.0 Å². The van der Waals surface area contributed by atoms with Crippen molar-refractivity contribution in [3.63, 3.8) is 0 Å². The van der Waals surface area contributed by atoms with Crippen LogP contribution in [-0.2, 0) is 10.0 Å². The maximum Gasteiger partial charge on any atom is 0.251 e. The van der Waals surface area contributed by atoms with Gasteiger partial charge in [0.15, 0.2) is 0 Å². The van der Waals surface area contributed by atoms with Crippen molar-refractivity contribution in [2.45, 2.75) is 31.7 Å². The van der Waals surface area contributed by atoms with Gasteiger partial charge in [-0.2, -0.15) is 4.31 Å². The van der Waals surface area contributed by atoms with Crippen molar-refractivity contribution in [2.24, 2.45) is 0 Å². The van der Waals surface area contributed by atoms with E-state index in [4.69, 9.17) is 0 Å². The highest BCUT2D eigenvalue weighted by Crippen LogP contribution is 2.19. The summed E-state index contributed by atoms with van der Waals surface area (Å²) in [7, 11) is -3.55. The molecule has 7 heteroatoms. The number of carbonyl (C=O) groups is 1. The Hall–Kier alpha value is -1.44. The van der Waals surface area contributed by atoms with Crippen LogP contribution >= 0.6 is 0 Å². The van der Waals surface area contributed by atoms with Gasteiger partial charge in [0.25, 0.3) is 5.91 Å². The summed E-state index contributed by atoms with van der Waals surface area (Å²) in [5.41, 5.74) is 0.368. The largest absolute Gasteiger partial charge is 0.350 e. The highest BCUT2D eigenvalue weighted by Gasteiger charge is 2.28. The second-order valence-electron chi connectivity index (χ2n) is 5.99. The van der Waals surface area contributed by atoms with Gasteiger partial charge in [0.1, 0.15) is 0 Å². The van der Waals surface area contributed by atoms with Crippen LogP contribution in [0.25, 0.3) is 0 Å². The van der Waals surface area contributed by atoms with Crippen LogP contribution in [0.5, 0.6) is 0 Å². The molecule has 128 valence electrons. The summed E-state index contributed by atoms with van der Waals surface area (Å²) in [6.45, 7) is 9.18. The lowest BCUT2D eigenvalue weighted by molar-refractivity contribution is 0.0943. The molecular weight excluding hydrogens is 314 g/mol. The average Bonchev–Trinajstić information content (AvgIpc) is 2.54. The van der Waals surface area contributed by atoms with Crippen molar-refractivity contribution < 1.29 is 13.2 Å². The van der Waals surface area contributed by atoms with Crippen LogP contribution in [0.4, 0.5) is 0 Å². The summed E-state index contributed by atoms with van der Waals surface area (Å²) < 4.78 is 27.0. The van der Waals surface area contributed by atoms with Crippen molar-refractivity contribution >= 4 is 15.9 Å². The fourth-order valence-electron chi connectivity index (χ4n) is 2.58. The second kappa shape index (κ2) is 7.42. The van der Waals surface area contributed by atoms with E-state index in [9.17, 15) is 13.2 Å². The minimum Gasteiger partial charge on any atom is -0.350 e. The zero-order valence-corrected chi connectivity index (χ0v) is 14.8. The first-order valence-corrected chi connectivity index (χ1v) is 9.42. The SMILES string of the molecule is CCN1CCN(S(=O)(=O)c2cccc(C(=O)NC(C)C)c2)CC1. The van der Waals surface area contributed by atoms with E-state index in [1.54, 1.807) is 18.2 Å². The van der Waals surface area contributed by atoms with Gasteiger partial charge >= 0.3 is 0 Å². The molecule has 0 saturated carbocycles. The van der Waals surface area contributed by atoms with Gasteiger partial charge in [-0.25, -0.2) is 8.42 Å². The molecule has 1 aliphatic heterocycles. The van der Waals surface area contributed by atoms with E-state index >= 15 is 0 Å². The van der Waals surface area contributed by atoms with Gasteiger partial charge in [-0.15, -0.1) is 0 Å². The van der Waals surface area contributed by atoms with Gasteiger partial charge in [0.05, 0.1) is 4.90 Å². The van der Waals surface area contributed by atoms with Crippen molar-refractivity contribution in [1.82, 2.24) is 14.5 Å². The third-order valence-corrected chi connectivity index (χ3v) is 5.83. The van der Waals surface area contributed by atoms with Gasteiger partial charge in [0, 0.05) is 37.8 Å². The van der Waals surface area contributed by atoms with Crippen LogP contribution in [0, 0.1) is 0 Å². The summed E-state index contributed by atoms with van der Waals surface area (Å²) in [4.78, 5) is 14.5. The second-order valence-corrected chi connectivity index (χ2v) is 7.93. The zero-order chi connectivity index (χ0) is 17.0. The molecule has 0 radical (unpaired) electrons. The topological polar surface area (TPSA) is 69.7 Å². The van der Waals surface area contributed by atoms with E-state index in [-0.39, 0.29) is 16.8 Å². The maximum absolute atomic E-state index is 12.8. The minimum absolute atomic E-state index is 0.00452. The number of likely N-dealkylation sites (N-methyl/N-ethyl adjacent to an activating group) is 1. The Morgan fingerprint density at radius 3 is 2.43 bits per heavy atom. The van der Waals surface area contributed by atoms with Gasteiger partial charge in [-0.05, 0) is 38.6 Å². The summed E-state index contributed by atoms with van der Waals surface area (Å²) >= 11 is 0. The number of carbonyl (C=O) groups excluding carboxylic acids is 1. The Morgan fingerprint density at radius 2 is 1.87 bits per heavy atom. The smallest absolute Gasteiger partial charge is 0.251 e. The first-order chi connectivity index (χ1) is 10.8. The fraction of sp³-hybridized carbons (Fsp3) is 0.562. The number of sulfonamides is 1. The van der Waals surface area contributed by atoms with Gasteiger partial charge in [-0.1, -0.05) is 13.0 Å². The summed E-state index contributed by atoms with van der Waals surface area (Å²) in [5.74, 6) is -0.257. The molecular formula is C16H25N3O3S. The van der Waals surface area contributed by atoms with E-state index in [2.05, 4.69) is 17.1 Å². The highest BCUT2D eigenvalue weighted by atomic mass is 32.2. The lowest BCUT2D eigenvalue weighted by Gasteiger charge is -2.33. The lowest BCUT2D eigenvalue weighted by atomic mass is 10.2. The monoisotopic (exact) mass is 339 g/mol. The van der Waals surface area contributed by atoms with Crippen LogP contribution in [0.1, 0.15) is 31.1 Å². The van der Waals surface area contributed by atoms with E-state index in [1.807, 2.05) is 13.8 Å². The predicted molar refractivity (Wildman–Crippen MR) is 89.9 cm³/mol.